The van der Waals surface area contributed by atoms with Crippen molar-refractivity contribution in [1.82, 2.24) is 4.90 Å². The van der Waals surface area contributed by atoms with Gasteiger partial charge in [0.25, 0.3) is 0 Å². The number of carbonyl (C=O) groups is 2. The first-order chi connectivity index (χ1) is 5.60. The Hall–Kier alpha value is -1.10. The van der Waals surface area contributed by atoms with Gasteiger partial charge in [-0.15, -0.1) is 0 Å². The van der Waals surface area contributed by atoms with Crippen LogP contribution in [-0.4, -0.2) is 48.7 Å². The van der Waals surface area contributed by atoms with Gasteiger partial charge in [-0.05, 0) is 6.54 Å². The predicted molar refractivity (Wildman–Crippen MR) is 41.8 cm³/mol. The molecule has 0 saturated heterocycles. The Bertz CT molecular complexity index is 169. The van der Waals surface area contributed by atoms with Crippen molar-refractivity contribution in [3.05, 3.63) is 0 Å². The lowest BCUT2D eigenvalue weighted by molar-refractivity contribution is -0.143. The molecule has 0 rings (SSSR count). The molecule has 0 radical (unpaired) electrons. The monoisotopic (exact) mass is 175 g/mol. The molecule has 0 aliphatic carbocycles. The summed E-state index contributed by atoms with van der Waals surface area (Å²) in [6.45, 7) is 2.19. The number of carboxylic acids is 1. The van der Waals surface area contributed by atoms with E-state index in [0.717, 1.165) is 0 Å². The predicted octanol–water partition coefficient (Wildman–Crippen LogP) is -0.434. The number of nitrogens with zero attached hydrogens (tertiary/aromatic N) is 1. The van der Waals surface area contributed by atoms with Crippen molar-refractivity contribution >= 4 is 11.9 Å². The van der Waals surface area contributed by atoms with Crippen molar-refractivity contribution in [1.29, 1.82) is 0 Å². The van der Waals surface area contributed by atoms with Gasteiger partial charge in [-0.25, -0.2) is 0 Å². The molecule has 5 heteroatoms. The van der Waals surface area contributed by atoms with Crippen LogP contribution in [0.15, 0.2) is 0 Å². The van der Waals surface area contributed by atoms with Crippen molar-refractivity contribution in [2.24, 2.45) is 0 Å². The van der Waals surface area contributed by atoms with Gasteiger partial charge < -0.3 is 9.84 Å². The lowest BCUT2D eigenvalue weighted by Crippen LogP contribution is -2.34. The molecule has 0 spiro atoms. The maximum absolute atomic E-state index is 10.7. The third kappa shape index (κ3) is 4.68. The van der Waals surface area contributed by atoms with E-state index in [1.54, 1.807) is 6.92 Å². The summed E-state index contributed by atoms with van der Waals surface area (Å²) < 4.78 is 4.39. The quantitative estimate of drug-likeness (QED) is 0.574. The molecule has 5 nitrogen and oxygen atoms in total. The van der Waals surface area contributed by atoms with Crippen LogP contribution in [0.1, 0.15) is 6.92 Å². The van der Waals surface area contributed by atoms with E-state index in [1.165, 1.54) is 12.0 Å². The van der Waals surface area contributed by atoms with Gasteiger partial charge in [0, 0.05) is 0 Å². The molecule has 0 fully saturated rings. The normalized spacial score (nSPS) is 9.92. The summed E-state index contributed by atoms with van der Waals surface area (Å²) in [6.07, 6.45) is 0. The summed E-state index contributed by atoms with van der Waals surface area (Å²) in [4.78, 5) is 22.4. The Morgan fingerprint density at radius 1 is 1.42 bits per heavy atom. The second-order valence-corrected chi connectivity index (χ2v) is 2.27. The fraction of sp³-hybridized carbons (Fsp3) is 0.714. The molecule has 0 saturated carbocycles. The average molecular weight is 175 g/mol. The number of esters is 1. The molecule has 0 aliphatic heterocycles. The Balaban J connectivity index is 3.82. The van der Waals surface area contributed by atoms with Crippen LogP contribution >= 0.6 is 0 Å². The van der Waals surface area contributed by atoms with Gasteiger partial charge in [-0.1, -0.05) is 6.92 Å². The zero-order valence-electron chi connectivity index (χ0n) is 7.24. The van der Waals surface area contributed by atoms with Gasteiger partial charge in [0.1, 0.15) is 0 Å². The first kappa shape index (κ1) is 10.9. The number of hydrogen-bond donors (Lipinski definition) is 1. The third-order valence-corrected chi connectivity index (χ3v) is 1.39. The maximum atomic E-state index is 10.7. The van der Waals surface area contributed by atoms with Crippen LogP contribution < -0.4 is 0 Å². The molecule has 0 aromatic carbocycles. The van der Waals surface area contributed by atoms with Crippen LogP contribution in [0, 0.1) is 0 Å². The van der Waals surface area contributed by atoms with Crippen LogP contribution in [0.5, 0.6) is 0 Å². The molecule has 0 heterocycles. The van der Waals surface area contributed by atoms with Crippen molar-refractivity contribution < 1.29 is 19.4 Å². The van der Waals surface area contributed by atoms with Crippen LogP contribution in [0.25, 0.3) is 0 Å². The molecule has 0 unspecified atom stereocenters. The molecule has 12 heavy (non-hydrogen) atoms. The second kappa shape index (κ2) is 5.54. The fourth-order valence-electron chi connectivity index (χ4n) is 0.718. The zero-order chi connectivity index (χ0) is 9.56. The Labute approximate surface area is 70.9 Å². The lowest BCUT2D eigenvalue weighted by atomic mass is 10.4. The van der Waals surface area contributed by atoms with E-state index in [9.17, 15) is 9.59 Å². The molecular weight excluding hydrogens is 162 g/mol. The molecular formula is C7H13NO4. The summed E-state index contributed by atoms with van der Waals surface area (Å²) in [7, 11) is 1.27. The number of rotatable bonds is 5. The molecule has 0 aliphatic rings. The van der Waals surface area contributed by atoms with Crippen LogP contribution in [0.2, 0.25) is 0 Å². The minimum Gasteiger partial charge on any atom is -0.480 e. The van der Waals surface area contributed by atoms with E-state index in [2.05, 4.69) is 4.74 Å². The highest BCUT2D eigenvalue weighted by atomic mass is 16.5. The lowest BCUT2D eigenvalue weighted by Gasteiger charge is -2.15. The molecule has 1 N–H and O–H groups in total. The molecule has 0 bridgehead atoms. The highest BCUT2D eigenvalue weighted by molar-refractivity contribution is 5.73. The number of aliphatic carboxylic acids is 1. The van der Waals surface area contributed by atoms with E-state index in [4.69, 9.17) is 5.11 Å². The van der Waals surface area contributed by atoms with Gasteiger partial charge in [-0.3, -0.25) is 14.5 Å². The molecule has 0 aromatic heterocycles. The average Bonchev–Trinajstić information content (AvgIpc) is 2.02. The Kier molecular flexibility index (Phi) is 5.03. The fourth-order valence-corrected chi connectivity index (χ4v) is 0.718. The minimum atomic E-state index is -0.944. The van der Waals surface area contributed by atoms with Gasteiger partial charge >= 0.3 is 11.9 Å². The molecule has 0 amide bonds. The van der Waals surface area contributed by atoms with E-state index >= 15 is 0 Å². The number of likely N-dealkylation sites (N-methyl/N-ethyl adjacent to an activating group) is 1. The first-order valence-electron chi connectivity index (χ1n) is 3.61. The summed E-state index contributed by atoms with van der Waals surface area (Å²) in [6, 6.07) is 0. The van der Waals surface area contributed by atoms with E-state index < -0.39 is 11.9 Å². The molecule has 0 atom stereocenters. The van der Waals surface area contributed by atoms with E-state index in [-0.39, 0.29) is 13.1 Å². The van der Waals surface area contributed by atoms with Crippen molar-refractivity contribution in [2.45, 2.75) is 6.92 Å². The largest absolute Gasteiger partial charge is 0.480 e. The standard InChI is InChI=1S/C7H13NO4/c1-3-8(4-6(9)10)5-7(11)12-2/h3-5H2,1-2H3,(H,9,10). The smallest absolute Gasteiger partial charge is 0.319 e. The number of hydrogen-bond acceptors (Lipinski definition) is 4. The summed E-state index contributed by atoms with van der Waals surface area (Å²) in [5, 5.41) is 8.41. The maximum Gasteiger partial charge on any atom is 0.319 e. The summed E-state index contributed by atoms with van der Waals surface area (Å²) in [5.74, 6) is -1.36. The molecule has 0 aromatic rings. The van der Waals surface area contributed by atoms with Crippen molar-refractivity contribution in [2.75, 3.05) is 26.7 Å². The van der Waals surface area contributed by atoms with Gasteiger partial charge in [-0.2, -0.15) is 0 Å². The second-order valence-electron chi connectivity index (χ2n) is 2.27. The zero-order valence-corrected chi connectivity index (χ0v) is 7.24. The Morgan fingerprint density at radius 3 is 2.33 bits per heavy atom. The highest BCUT2D eigenvalue weighted by Crippen LogP contribution is 1.88. The highest BCUT2D eigenvalue weighted by Gasteiger charge is 2.11. The first-order valence-corrected chi connectivity index (χ1v) is 3.61. The molecule has 70 valence electrons. The van der Waals surface area contributed by atoms with E-state index in [1.807, 2.05) is 0 Å². The van der Waals surface area contributed by atoms with Crippen LogP contribution in [0.4, 0.5) is 0 Å². The van der Waals surface area contributed by atoms with Crippen molar-refractivity contribution in [3.63, 3.8) is 0 Å². The van der Waals surface area contributed by atoms with Crippen molar-refractivity contribution in [3.8, 4) is 0 Å². The Morgan fingerprint density at radius 2 is 2.00 bits per heavy atom. The topological polar surface area (TPSA) is 66.8 Å². The number of ether oxygens (including phenoxy) is 1. The third-order valence-electron chi connectivity index (χ3n) is 1.39. The van der Waals surface area contributed by atoms with E-state index in [0.29, 0.717) is 6.54 Å². The summed E-state index contributed by atoms with van der Waals surface area (Å²) >= 11 is 0. The van der Waals surface area contributed by atoms with Gasteiger partial charge in [0.05, 0.1) is 20.2 Å². The van der Waals surface area contributed by atoms with Crippen LogP contribution in [-0.2, 0) is 14.3 Å². The SMILES string of the molecule is CCN(CC(=O)O)CC(=O)OC. The number of carbonyl (C=O) groups excluding carboxylic acids is 1. The number of carboxylic acid groups (broad SMARTS) is 1. The summed E-state index contributed by atoms with van der Waals surface area (Å²) in [5.41, 5.74) is 0. The van der Waals surface area contributed by atoms with Gasteiger partial charge in [0.15, 0.2) is 0 Å². The van der Waals surface area contributed by atoms with Gasteiger partial charge in [0.2, 0.25) is 0 Å². The van der Waals surface area contributed by atoms with Crippen LogP contribution in [0.3, 0.4) is 0 Å². The minimum absolute atomic E-state index is 0.0271. The number of methoxy groups -OCH3 is 1.